The first-order valence-electron chi connectivity index (χ1n) is 13.2. The molecule has 0 amide bonds. The molecule has 6 rings (SSSR count). The fourth-order valence-electron chi connectivity index (χ4n) is 5.57. The molecule has 4 aromatic carbocycles. The number of rotatable bonds is 6. The van der Waals surface area contributed by atoms with Crippen molar-refractivity contribution in [3.05, 3.63) is 101 Å². The van der Waals surface area contributed by atoms with Gasteiger partial charge in [0, 0.05) is 19.0 Å². The van der Waals surface area contributed by atoms with E-state index in [1.807, 2.05) is 62.5 Å². The molecule has 0 radical (unpaired) electrons. The molecule has 0 saturated carbocycles. The molecule has 2 aromatic heterocycles. The first kappa shape index (κ1) is 24.6. The van der Waals surface area contributed by atoms with Crippen LogP contribution >= 0.6 is 0 Å². The number of imidazole rings is 2. The summed E-state index contributed by atoms with van der Waals surface area (Å²) in [4.78, 5) is 22.5. The highest BCUT2D eigenvalue weighted by Gasteiger charge is 2.22. The van der Waals surface area contributed by atoms with Crippen LogP contribution < -0.4 is 0 Å². The Hall–Kier alpha value is -4.71. The fraction of sp³-hybridized carbons (Fsp3) is 0.182. The average Bonchev–Trinajstić information content (AvgIpc) is 3.45. The van der Waals surface area contributed by atoms with Gasteiger partial charge in [-0.05, 0) is 78.9 Å². The standard InChI is InChI=1S/C33H30N4O2/c1-5-9-30-34-25-15-13-23(32-35-26-18-20(2)12-16-28(26)36(32)4)19-29(25)37(30)27-17-14-24(22-10-7-6-8-11-22)31(21(27)3)33(38)39/h6-8,10-19H,5,9H2,1-4H3,(H,38,39). The molecule has 194 valence electrons. The van der Waals surface area contributed by atoms with Crippen LogP contribution in [0.2, 0.25) is 0 Å². The fourth-order valence-corrected chi connectivity index (χ4v) is 5.57. The van der Waals surface area contributed by atoms with E-state index in [0.29, 0.717) is 16.7 Å². The van der Waals surface area contributed by atoms with Crippen LogP contribution in [0.3, 0.4) is 0 Å². The van der Waals surface area contributed by atoms with Gasteiger partial charge in [0.05, 0.1) is 33.3 Å². The summed E-state index contributed by atoms with van der Waals surface area (Å²) in [5.41, 5.74) is 9.46. The predicted molar refractivity (Wildman–Crippen MR) is 157 cm³/mol. The monoisotopic (exact) mass is 514 g/mol. The van der Waals surface area contributed by atoms with E-state index in [1.54, 1.807) is 0 Å². The van der Waals surface area contributed by atoms with E-state index in [9.17, 15) is 9.90 Å². The van der Waals surface area contributed by atoms with Crippen molar-refractivity contribution < 1.29 is 9.90 Å². The summed E-state index contributed by atoms with van der Waals surface area (Å²) < 4.78 is 4.25. The third-order valence-corrected chi connectivity index (χ3v) is 7.47. The number of nitrogens with zero attached hydrogens (tertiary/aromatic N) is 4. The zero-order chi connectivity index (χ0) is 27.3. The number of carbonyl (C=O) groups is 1. The van der Waals surface area contributed by atoms with Crippen molar-refractivity contribution in [1.29, 1.82) is 0 Å². The summed E-state index contributed by atoms with van der Waals surface area (Å²) in [6, 6.07) is 26.2. The second kappa shape index (κ2) is 9.55. The maximum Gasteiger partial charge on any atom is 0.336 e. The van der Waals surface area contributed by atoms with Crippen LogP contribution in [0.15, 0.2) is 78.9 Å². The molecule has 0 unspecified atom stereocenters. The Balaban J connectivity index is 1.59. The summed E-state index contributed by atoms with van der Waals surface area (Å²) in [6.07, 6.45) is 1.70. The zero-order valence-corrected chi connectivity index (χ0v) is 22.6. The van der Waals surface area contributed by atoms with Crippen LogP contribution in [0.4, 0.5) is 0 Å². The van der Waals surface area contributed by atoms with E-state index >= 15 is 0 Å². The lowest BCUT2D eigenvalue weighted by atomic mass is 9.94. The molecule has 0 saturated heterocycles. The summed E-state index contributed by atoms with van der Waals surface area (Å²) in [5, 5.41) is 10.3. The van der Waals surface area contributed by atoms with Crippen molar-refractivity contribution in [2.24, 2.45) is 7.05 Å². The molecular weight excluding hydrogens is 484 g/mol. The summed E-state index contributed by atoms with van der Waals surface area (Å²) in [7, 11) is 2.04. The Morgan fingerprint density at radius 3 is 2.38 bits per heavy atom. The number of hydrogen-bond donors (Lipinski definition) is 1. The van der Waals surface area contributed by atoms with Gasteiger partial charge in [0.2, 0.25) is 0 Å². The van der Waals surface area contributed by atoms with E-state index in [0.717, 1.165) is 63.4 Å². The van der Waals surface area contributed by atoms with E-state index in [1.165, 1.54) is 5.56 Å². The summed E-state index contributed by atoms with van der Waals surface area (Å²) in [5.74, 6) is 0.854. The second-order valence-electron chi connectivity index (χ2n) is 10.1. The van der Waals surface area contributed by atoms with E-state index < -0.39 is 5.97 Å². The largest absolute Gasteiger partial charge is 0.478 e. The second-order valence-corrected chi connectivity index (χ2v) is 10.1. The molecule has 0 bridgehead atoms. The topological polar surface area (TPSA) is 72.9 Å². The minimum atomic E-state index is -0.939. The van der Waals surface area contributed by atoms with Gasteiger partial charge >= 0.3 is 5.97 Å². The Kier molecular flexibility index (Phi) is 6.03. The molecular formula is C33H30N4O2. The molecule has 0 atom stereocenters. The first-order valence-corrected chi connectivity index (χ1v) is 13.2. The molecule has 0 aliphatic carbocycles. The Morgan fingerprint density at radius 2 is 1.64 bits per heavy atom. The minimum absolute atomic E-state index is 0.310. The number of benzene rings is 4. The molecule has 39 heavy (non-hydrogen) atoms. The van der Waals surface area contributed by atoms with Gasteiger partial charge in [-0.3, -0.25) is 4.57 Å². The zero-order valence-electron chi connectivity index (χ0n) is 22.6. The van der Waals surface area contributed by atoms with E-state index in [-0.39, 0.29) is 0 Å². The third-order valence-electron chi connectivity index (χ3n) is 7.47. The Labute approximate surface area is 227 Å². The van der Waals surface area contributed by atoms with Crippen LogP contribution in [0, 0.1) is 13.8 Å². The van der Waals surface area contributed by atoms with Gasteiger partial charge in [0.25, 0.3) is 0 Å². The SMILES string of the molecule is CCCc1nc2ccc(-c3nc4cc(C)ccc4n3C)cc2n1-c1ccc(-c2ccccc2)c(C(=O)O)c1C. The highest BCUT2D eigenvalue weighted by atomic mass is 16.4. The van der Waals surface area contributed by atoms with E-state index in [2.05, 4.69) is 53.3 Å². The number of carboxylic acids is 1. The smallest absolute Gasteiger partial charge is 0.336 e. The maximum absolute atomic E-state index is 12.6. The molecule has 0 spiro atoms. The number of fused-ring (bicyclic) bond motifs is 2. The van der Waals surface area contributed by atoms with Crippen LogP contribution in [0.1, 0.15) is 40.7 Å². The highest BCUT2D eigenvalue weighted by molar-refractivity contribution is 5.99. The Bertz CT molecular complexity index is 1880. The molecule has 6 nitrogen and oxygen atoms in total. The predicted octanol–water partition coefficient (Wildman–Crippen LogP) is 7.51. The molecule has 6 heteroatoms. The quantitative estimate of drug-likeness (QED) is 0.250. The molecule has 0 aliphatic heterocycles. The van der Waals surface area contributed by atoms with Gasteiger partial charge in [-0.15, -0.1) is 0 Å². The van der Waals surface area contributed by atoms with Gasteiger partial charge in [-0.25, -0.2) is 14.8 Å². The van der Waals surface area contributed by atoms with Gasteiger partial charge in [-0.2, -0.15) is 0 Å². The summed E-state index contributed by atoms with van der Waals surface area (Å²) >= 11 is 0. The normalized spacial score (nSPS) is 11.5. The molecule has 0 fully saturated rings. The Morgan fingerprint density at radius 1 is 0.846 bits per heavy atom. The van der Waals surface area contributed by atoms with Crippen LogP contribution in [0.5, 0.6) is 0 Å². The molecule has 1 N–H and O–H groups in total. The van der Waals surface area contributed by atoms with Crippen LogP contribution in [0.25, 0.3) is 50.3 Å². The van der Waals surface area contributed by atoms with Crippen LogP contribution in [-0.4, -0.2) is 30.2 Å². The van der Waals surface area contributed by atoms with Crippen molar-refractivity contribution in [2.75, 3.05) is 0 Å². The number of aromatic carboxylic acids is 1. The lowest BCUT2D eigenvalue weighted by molar-refractivity contribution is 0.0697. The molecule has 0 aliphatic rings. The minimum Gasteiger partial charge on any atom is -0.478 e. The van der Waals surface area contributed by atoms with Crippen molar-refractivity contribution in [1.82, 2.24) is 19.1 Å². The lowest BCUT2D eigenvalue weighted by Gasteiger charge is -2.17. The summed E-state index contributed by atoms with van der Waals surface area (Å²) in [6.45, 7) is 6.10. The van der Waals surface area contributed by atoms with Gasteiger partial charge in [-0.1, -0.05) is 49.4 Å². The maximum atomic E-state index is 12.6. The van der Waals surface area contributed by atoms with Gasteiger partial charge in [0.15, 0.2) is 0 Å². The number of aryl methyl sites for hydroxylation is 3. The van der Waals surface area contributed by atoms with Crippen molar-refractivity contribution in [3.8, 4) is 28.2 Å². The average molecular weight is 515 g/mol. The molecule has 2 heterocycles. The molecule has 6 aromatic rings. The van der Waals surface area contributed by atoms with Gasteiger partial charge in [0.1, 0.15) is 11.6 Å². The van der Waals surface area contributed by atoms with E-state index in [4.69, 9.17) is 9.97 Å². The number of carboxylic acid groups (broad SMARTS) is 1. The highest BCUT2D eigenvalue weighted by Crippen LogP contribution is 2.34. The van der Waals surface area contributed by atoms with Crippen molar-refractivity contribution in [3.63, 3.8) is 0 Å². The third kappa shape index (κ3) is 4.09. The van der Waals surface area contributed by atoms with Gasteiger partial charge < -0.3 is 9.67 Å². The lowest BCUT2D eigenvalue weighted by Crippen LogP contribution is -2.09. The first-order chi connectivity index (χ1) is 18.9. The van der Waals surface area contributed by atoms with Crippen LogP contribution in [-0.2, 0) is 13.5 Å². The van der Waals surface area contributed by atoms with Crippen molar-refractivity contribution >= 4 is 28.0 Å². The van der Waals surface area contributed by atoms with Crippen molar-refractivity contribution in [2.45, 2.75) is 33.6 Å². The number of aromatic nitrogens is 4. The number of hydrogen-bond acceptors (Lipinski definition) is 3.